The molecule has 1 aromatic carbocycles. The molecule has 6 nitrogen and oxygen atoms in total. The van der Waals surface area contributed by atoms with Gasteiger partial charge >= 0.3 is 0 Å². The molecular formula is C21H27N3O3. The van der Waals surface area contributed by atoms with Crippen molar-refractivity contribution in [3.8, 4) is 0 Å². The van der Waals surface area contributed by atoms with Crippen LogP contribution in [0.25, 0.3) is 6.08 Å². The zero-order chi connectivity index (χ0) is 19.1. The molecule has 0 aromatic heterocycles. The summed E-state index contributed by atoms with van der Waals surface area (Å²) in [5.41, 5.74) is 1.92. The molecule has 0 amide bonds. The van der Waals surface area contributed by atoms with Crippen molar-refractivity contribution in [2.24, 2.45) is 4.99 Å². The number of Topliss-reactive ketones (excluding diaryl/α,β-unsaturated/α-hetero) is 1. The third kappa shape index (κ3) is 5.35. The van der Waals surface area contributed by atoms with Crippen LogP contribution in [0.4, 0.5) is 0 Å². The highest BCUT2D eigenvalue weighted by atomic mass is 16.3. The summed E-state index contributed by atoms with van der Waals surface area (Å²) in [7, 11) is 0. The van der Waals surface area contributed by atoms with Crippen LogP contribution >= 0.6 is 0 Å². The maximum absolute atomic E-state index is 12.2. The molecule has 2 N–H and O–H groups in total. The summed E-state index contributed by atoms with van der Waals surface area (Å²) < 4.78 is 0. The Morgan fingerprint density at radius 1 is 1.04 bits per heavy atom. The molecule has 0 unspecified atom stereocenters. The number of carbonyl (C=O) groups is 1. The molecule has 6 heteroatoms. The van der Waals surface area contributed by atoms with Gasteiger partial charge in [-0.2, -0.15) is 0 Å². The number of piperazine rings is 1. The van der Waals surface area contributed by atoms with E-state index in [0.717, 1.165) is 44.8 Å². The highest BCUT2D eigenvalue weighted by Gasteiger charge is 2.26. The van der Waals surface area contributed by atoms with E-state index in [0.29, 0.717) is 17.7 Å². The van der Waals surface area contributed by atoms with Crippen LogP contribution in [0.5, 0.6) is 0 Å². The van der Waals surface area contributed by atoms with Crippen LogP contribution in [-0.2, 0) is 4.79 Å². The summed E-state index contributed by atoms with van der Waals surface area (Å²) in [5, 5.41) is 19.3. The fourth-order valence-corrected chi connectivity index (χ4v) is 3.39. The van der Waals surface area contributed by atoms with E-state index in [1.165, 1.54) is 6.21 Å². The molecule has 1 aliphatic heterocycles. The van der Waals surface area contributed by atoms with E-state index in [1.807, 2.05) is 36.4 Å². The van der Waals surface area contributed by atoms with Crippen LogP contribution in [0.1, 0.15) is 12.0 Å². The van der Waals surface area contributed by atoms with Crippen molar-refractivity contribution in [1.29, 1.82) is 0 Å². The van der Waals surface area contributed by atoms with Crippen molar-refractivity contribution in [3.05, 3.63) is 52.8 Å². The summed E-state index contributed by atoms with van der Waals surface area (Å²) in [6.07, 6.45) is 3.58. The number of aliphatic imine (C=N–C) groups is 1. The first-order chi connectivity index (χ1) is 13.2. The SMILES string of the molecule is O=C1C/C(=C\c2ccccc2)C(O)=C1C=NCCN1CCN(CCO)CC1. The first-order valence-electron chi connectivity index (χ1n) is 9.45. The Morgan fingerprint density at radius 2 is 1.70 bits per heavy atom. The molecule has 0 atom stereocenters. The van der Waals surface area contributed by atoms with Crippen molar-refractivity contribution in [2.45, 2.75) is 6.42 Å². The van der Waals surface area contributed by atoms with Crippen LogP contribution in [0, 0.1) is 0 Å². The molecule has 0 radical (unpaired) electrons. The molecule has 1 fully saturated rings. The third-order valence-corrected chi connectivity index (χ3v) is 5.00. The summed E-state index contributed by atoms with van der Waals surface area (Å²) in [6, 6.07) is 9.67. The van der Waals surface area contributed by atoms with Gasteiger partial charge in [0.05, 0.1) is 18.7 Å². The van der Waals surface area contributed by atoms with Gasteiger partial charge in [-0.05, 0) is 11.6 Å². The summed E-state index contributed by atoms with van der Waals surface area (Å²) in [5.74, 6) is -0.0405. The number of β-amino-alcohol motifs (C(OH)–C–C–N with tert-alkyl or cyclic N) is 1. The lowest BCUT2D eigenvalue weighted by molar-refractivity contribution is -0.114. The second-order valence-corrected chi connectivity index (χ2v) is 6.88. The van der Waals surface area contributed by atoms with E-state index in [-0.39, 0.29) is 24.6 Å². The minimum atomic E-state index is -0.0870. The summed E-state index contributed by atoms with van der Waals surface area (Å²) in [6.45, 7) is 6.22. The Bertz CT molecular complexity index is 732. The van der Waals surface area contributed by atoms with Gasteiger partial charge in [-0.25, -0.2) is 0 Å². The average Bonchev–Trinajstić information content (AvgIpc) is 2.94. The van der Waals surface area contributed by atoms with Crippen molar-refractivity contribution < 1.29 is 15.0 Å². The van der Waals surface area contributed by atoms with Gasteiger partial charge in [-0.3, -0.25) is 19.6 Å². The normalized spacial score (nSPS) is 21.1. The average molecular weight is 369 g/mol. The van der Waals surface area contributed by atoms with E-state index in [4.69, 9.17) is 5.11 Å². The van der Waals surface area contributed by atoms with Gasteiger partial charge in [-0.1, -0.05) is 30.3 Å². The predicted molar refractivity (Wildman–Crippen MR) is 107 cm³/mol. The van der Waals surface area contributed by atoms with Gasteiger partial charge in [0.1, 0.15) is 5.76 Å². The van der Waals surface area contributed by atoms with Gasteiger partial charge in [0.15, 0.2) is 5.78 Å². The lowest BCUT2D eigenvalue weighted by Crippen LogP contribution is -2.47. The number of nitrogens with zero attached hydrogens (tertiary/aromatic N) is 3. The second-order valence-electron chi connectivity index (χ2n) is 6.88. The number of allylic oxidation sites excluding steroid dienone is 2. The maximum Gasteiger partial charge on any atom is 0.172 e. The highest BCUT2D eigenvalue weighted by Crippen LogP contribution is 2.27. The van der Waals surface area contributed by atoms with Crippen molar-refractivity contribution in [3.63, 3.8) is 0 Å². The van der Waals surface area contributed by atoms with Crippen molar-refractivity contribution in [2.75, 3.05) is 52.4 Å². The molecule has 0 spiro atoms. The number of aliphatic hydroxyl groups is 2. The van der Waals surface area contributed by atoms with Crippen molar-refractivity contribution >= 4 is 18.1 Å². The van der Waals surface area contributed by atoms with Crippen LogP contribution in [0.15, 0.2) is 52.2 Å². The maximum atomic E-state index is 12.2. The number of rotatable bonds is 7. The Hall–Kier alpha value is -2.28. The van der Waals surface area contributed by atoms with E-state index >= 15 is 0 Å². The van der Waals surface area contributed by atoms with Crippen molar-refractivity contribution in [1.82, 2.24) is 9.80 Å². The van der Waals surface area contributed by atoms with E-state index in [9.17, 15) is 9.90 Å². The van der Waals surface area contributed by atoms with Gasteiger partial charge in [0.25, 0.3) is 0 Å². The molecule has 0 bridgehead atoms. The Labute approximate surface area is 160 Å². The van der Waals surface area contributed by atoms with Crippen LogP contribution in [0.3, 0.4) is 0 Å². The molecule has 3 rings (SSSR count). The predicted octanol–water partition coefficient (Wildman–Crippen LogP) is 1.54. The zero-order valence-electron chi connectivity index (χ0n) is 15.5. The smallest absolute Gasteiger partial charge is 0.172 e. The van der Waals surface area contributed by atoms with Crippen LogP contribution < -0.4 is 0 Å². The zero-order valence-corrected chi connectivity index (χ0v) is 15.5. The van der Waals surface area contributed by atoms with Gasteiger partial charge in [0, 0.05) is 57.5 Å². The minimum Gasteiger partial charge on any atom is -0.507 e. The summed E-state index contributed by atoms with van der Waals surface area (Å²) in [4.78, 5) is 21.1. The van der Waals surface area contributed by atoms with Gasteiger partial charge in [0.2, 0.25) is 0 Å². The second kappa shape index (κ2) is 9.60. The number of aliphatic hydroxyl groups excluding tert-OH is 2. The standard InChI is InChI=1S/C21H27N3O3/c25-13-12-24-10-8-23(9-11-24)7-6-22-16-19-20(26)15-18(21(19)27)14-17-4-2-1-3-5-17/h1-5,14,16,25,27H,6-13,15H2/b18-14+,22-16?. The minimum absolute atomic E-state index is 0.0465. The summed E-state index contributed by atoms with van der Waals surface area (Å²) >= 11 is 0. The fourth-order valence-electron chi connectivity index (χ4n) is 3.39. The molecule has 2 aliphatic rings. The van der Waals surface area contributed by atoms with E-state index in [2.05, 4.69) is 14.8 Å². The molecule has 1 aliphatic carbocycles. The van der Waals surface area contributed by atoms with E-state index in [1.54, 1.807) is 0 Å². The molecule has 27 heavy (non-hydrogen) atoms. The van der Waals surface area contributed by atoms with Crippen LogP contribution in [-0.4, -0.2) is 84.4 Å². The Balaban J connectivity index is 1.52. The molecular weight excluding hydrogens is 342 g/mol. The molecule has 1 saturated heterocycles. The Kier molecular flexibility index (Phi) is 6.92. The lowest BCUT2D eigenvalue weighted by Gasteiger charge is -2.33. The number of benzene rings is 1. The lowest BCUT2D eigenvalue weighted by atomic mass is 10.1. The number of hydrogen-bond acceptors (Lipinski definition) is 6. The Morgan fingerprint density at radius 3 is 2.37 bits per heavy atom. The quantitative estimate of drug-likeness (QED) is 0.713. The first-order valence-corrected chi connectivity index (χ1v) is 9.45. The molecule has 1 heterocycles. The topological polar surface area (TPSA) is 76.4 Å². The van der Waals surface area contributed by atoms with Gasteiger partial charge in [-0.15, -0.1) is 0 Å². The number of hydrogen-bond donors (Lipinski definition) is 2. The third-order valence-electron chi connectivity index (χ3n) is 5.00. The number of ketones is 1. The van der Waals surface area contributed by atoms with Gasteiger partial charge < -0.3 is 10.2 Å². The highest BCUT2D eigenvalue weighted by molar-refractivity contribution is 6.18. The van der Waals surface area contributed by atoms with E-state index < -0.39 is 0 Å². The number of carbonyl (C=O) groups excluding carboxylic acids is 1. The molecule has 0 saturated carbocycles. The van der Waals surface area contributed by atoms with Crippen LogP contribution in [0.2, 0.25) is 0 Å². The fraction of sp³-hybridized carbons (Fsp3) is 0.429. The molecule has 1 aromatic rings. The molecule has 144 valence electrons. The first kappa shape index (κ1) is 19.5. The largest absolute Gasteiger partial charge is 0.507 e. The monoisotopic (exact) mass is 369 g/mol.